The summed E-state index contributed by atoms with van der Waals surface area (Å²) >= 11 is 0. The average Bonchev–Trinajstić information content (AvgIpc) is 2.18. The normalized spacial score (nSPS) is 9.57. The minimum atomic E-state index is -1.49. The summed E-state index contributed by atoms with van der Waals surface area (Å²) in [4.78, 5) is 11.0. The molecule has 1 aromatic carbocycles. The Labute approximate surface area is 82.8 Å². The third-order valence-corrected chi connectivity index (χ3v) is 1.86. The summed E-state index contributed by atoms with van der Waals surface area (Å²) in [6.45, 7) is 3.37. The van der Waals surface area contributed by atoms with Crippen molar-refractivity contribution in [3.05, 3.63) is 42.5 Å². The van der Waals surface area contributed by atoms with Gasteiger partial charge in [0.15, 0.2) is 5.78 Å². The SMILES string of the molecule is C=CC(=O)Cc1cccc(B(O)O)c1. The van der Waals surface area contributed by atoms with Gasteiger partial charge in [0.2, 0.25) is 0 Å². The van der Waals surface area contributed by atoms with Crippen molar-refractivity contribution < 1.29 is 14.8 Å². The Morgan fingerprint density at radius 3 is 2.79 bits per heavy atom. The Balaban J connectivity index is 2.83. The lowest BCUT2D eigenvalue weighted by atomic mass is 9.79. The molecule has 0 aliphatic rings. The van der Waals surface area contributed by atoms with Gasteiger partial charge in [0.1, 0.15) is 0 Å². The number of benzene rings is 1. The predicted molar refractivity (Wildman–Crippen MR) is 55.2 cm³/mol. The van der Waals surface area contributed by atoms with Gasteiger partial charge in [0, 0.05) is 6.42 Å². The molecule has 14 heavy (non-hydrogen) atoms. The summed E-state index contributed by atoms with van der Waals surface area (Å²) in [5, 5.41) is 17.8. The molecule has 0 saturated heterocycles. The maximum Gasteiger partial charge on any atom is 0.488 e. The Morgan fingerprint density at radius 2 is 2.21 bits per heavy atom. The van der Waals surface area contributed by atoms with Crippen LogP contribution in [0.1, 0.15) is 5.56 Å². The molecule has 0 amide bonds. The molecular weight excluding hydrogens is 179 g/mol. The number of carbonyl (C=O) groups is 1. The highest BCUT2D eigenvalue weighted by Crippen LogP contribution is 1.99. The molecule has 0 spiro atoms. The topological polar surface area (TPSA) is 57.5 Å². The summed E-state index contributed by atoms with van der Waals surface area (Å²) in [6.07, 6.45) is 1.49. The van der Waals surface area contributed by atoms with Crippen LogP contribution in [0.25, 0.3) is 0 Å². The first kappa shape index (κ1) is 10.7. The Kier molecular flexibility index (Phi) is 3.62. The van der Waals surface area contributed by atoms with E-state index in [1.54, 1.807) is 24.3 Å². The highest BCUT2D eigenvalue weighted by atomic mass is 16.4. The van der Waals surface area contributed by atoms with Crippen LogP contribution < -0.4 is 5.46 Å². The van der Waals surface area contributed by atoms with E-state index in [0.717, 1.165) is 5.56 Å². The maximum atomic E-state index is 11.0. The van der Waals surface area contributed by atoms with Crippen LogP contribution in [-0.2, 0) is 11.2 Å². The highest BCUT2D eigenvalue weighted by Gasteiger charge is 2.11. The van der Waals surface area contributed by atoms with Crippen molar-refractivity contribution in [2.75, 3.05) is 0 Å². The minimum Gasteiger partial charge on any atom is -0.423 e. The molecule has 0 bridgehead atoms. The van der Waals surface area contributed by atoms with Crippen molar-refractivity contribution in [2.24, 2.45) is 0 Å². The van der Waals surface area contributed by atoms with Gasteiger partial charge >= 0.3 is 7.12 Å². The molecule has 0 aliphatic carbocycles. The molecule has 0 aliphatic heterocycles. The molecule has 0 saturated carbocycles. The van der Waals surface area contributed by atoms with Crippen molar-refractivity contribution in [1.82, 2.24) is 0 Å². The minimum absolute atomic E-state index is 0.0884. The first-order valence-corrected chi connectivity index (χ1v) is 4.23. The Hall–Kier alpha value is -1.39. The molecular formula is C10H11BO3. The van der Waals surface area contributed by atoms with Gasteiger partial charge in [0.25, 0.3) is 0 Å². The lowest BCUT2D eigenvalue weighted by Gasteiger charge is -2.02. The third-order valence-electron chi connectivity index (χ3n) is 1.86. The number of ketones is 1. The fraction of sp³-hybridized carbons (Fsp3) is 0.100. The Morgan fingerprint density at radius 1 is 1.50 bits per heavy atom. The molecule has 1 rings (SSSR count). The zero-order chi connectivity index (χ0) is 10.6. The number of allylic oxidation sites excluding steroid dienone is 1. The van der Waals surface area contributed by atoms with Gasteiger partial charge in [-0.1, -0.05) is 30.8 Å². The van der Waals surface area contributed by atoms with Crippen LogP contribution >= 0.6 is 0 Å². The summed E-state index contributed by atoms with van der Waals surface area (Å²) in [7, 11) is -1.49. The molecule has 0 heterocycles. The highest BCUT2D eigenvalue weighted by molar-refractivity contribution is 6.58. The van der Waals surface area contributed by atoms with Gasteiger partial charge in [-0.2, -0.15) is 0 Å². The zero-order valence-electron chi connectivity index (χ0n) is 7.68. The second-order valence-corrected chi connectivity index (χ2v) is 2.97. The van der Waals surface area contributed by atoms with Crippen LogP contribution in [-0.4, -0.2) is 22.9 Å². The average molecular weight is 190 g/mol. The predicted octanol–water partition coefficient (Wildman–Crippen LogP) is -0.336. The number of hydrogen-bond donors (Lipinski definition) is 2. The molecule has 0 atom stereocenters. The third kappa shape index (κ3) is 2.83. The van der Waals surface area contributed by atoms with Gasteiger partial charge in [0.05, 0.1) is 0 Å². The van der Waals surface area contributed by atoms with E-state index in [9.17, 15) is 4.79 Å². The van der Waals surface area contributed by atoms with Crippen LogP contribution in [0.5, 0.6) is 0 Å². The molecule has 3 nitrogen and oxygen atoms in total. The molecule has 0 aromatic heterocycles. The molecule has 0 unspecified atom stereocenters. The second-order valence-electron chi connectivity index (χ2n) is 2.97. The van der Waals surface area contributed by atoms with Crippen LogP contribution in [0.4, 0.5) is 0 Å². The number of rotatable bonds is 4. The molecule has 0 fully saturated rings. The van der Waals surface area contributed by atoms with Crippen molar-refractivity contribution in [3.63, 3.8) is 0 Å². The van der Waals surface area contributed by atoms with Crippen LogP contribution in [0.3, 0.4) is 0 Å². The van der Waals surface area contributed by atoms with Crippen molar-refractivity contribution in [3.8, 4) is 0 Å². The molecule has 72 valence electrons. The smallest absolute Gasteiger partial charge is 0.423 e. The summed E-state index contributed by atoms with van der Waals surface area (Å²) in [5.41, 5.74) is 1.14. The van der Waals surface area contributed by atoms with E-state index in [1.165, 1.54) is 6.08 Å². The first-order valence-electron chi connectivity index (χ1n) is 4.23. The maximum absolute atomic E-state index is 11.0. The van der Waals surface area contributed by atoms with Crippen molar-refractivity contribution in [2.45, 2.75) is 6.42 Å². The van der Waals surface area contributed by atoms with Gasteiger partial charge in [-0.15, -0.1) is 0 Å². The number of hydrogen-bond acceptors (Lipinski definition) is 3. The van der Waals surface area contributed by atoms with E-state index in [0.29, 0.717) is 5.46 Å². The van der Waals surface area contributed by atoms with Gasteiger partial charge in [-0.25, -0.2) is 0 Å². The summed E-state index contributed by atoms with van der Waals surface area (Å²) in [5.74, 6) is -0.0884. The molecule has 2 N–H and O–H groups in total. The van der Waals surface area contributed by atoms with Crippen LogP contribution in [0.2, 0.25) is 0 Å². The van der Waals surface area contributed by atoms with E-state index in [4.69, 9.17) is 10.0 Å². The van der Waals surface area contributed by atoms with Crippen molar-refractivity contribution >= 4 is 18.4 Å². The van der Waals surface area contributed by atoms with E-state index in [-0.39, 0.29) is 12.2 Å². The van der Waals surface area contributed by atoms with Gasteiger partial charge in [-0.05, 0) is 17.1 Å². The van der Waals surface area contributed by atoms with Crippen LogP contribution in [0.15, 0.2) is 36.9 Å². The van der Waals surface area contributed by atoms with Gasteiger partial charge < -0.3 is 10.0 Å². The quantitative estimate of drug-likeness (QED) is 0.504. The van der Waals surface area contributed by atoms with E-state index >= 15 is 0 Å². The number of carbonyl (C=O) groups excluding carboxylic acids is 1. The molecule has 0 radical (unpaired) electrons. The standard InChI is InChI=1S/C10H11BO3/c1-2-10(12)7-8-4-3-5-9(6-8)11(13)14/h2-6,13-14H,1,7H2. The van der Waals surface area contributed by atoms with Gasteiger partial charge in [-0.3, -0.25) is 4.79 Å². The van der Waals surface area contributed by atoms with E-state index in [1.807, 2.05) is 0 Å². The lowest BCUT2D eigenvalue weighted by molar-refractivity contribution is -0.114. The summed E-state index contributed by atoms with van der Waals surface area (Å²) in [6, 6.07) is 6.62. The largest absolute Gasteiger partial charge is 0.488 e. The van der Waals surface area contributed by atoms with E-state index in [2.05, 4.69) is 6.58 Å². The monoisotopic (exact) mass is 190 g/mol. The first-order chi connectivity index (χ1) is 6.63. The van der Waals surface area contributed by atoms with Crippen molar-refractivity contribution in [1.29, 1.82) is 0 Å². The fourth-order valence-corrected chi connectivity index (χ4v) is 1.14. The zero-order valence-corrected chi connectivity index (χ0v) is 7.68. The molecule has 4 heteroatoms. The fourth-order valence-electron chi connectivity index (χ4n) is 1.14. The summed E-state index contributed by atoms with van der Waals surface area (Å²) < 4.78 is 0. The van der Waals surface area contributed by atoms with Crippen LogP contribution in [0, 0.1) is 0 Å². The lowest BCUT2D eigenvalue weighted by Crippen LogP contribution is -2.29. The van der Waals surface area contributed by atoms with E-state index < -0.39 is 7.12 Å². The molecule has 1 aromatic rings. The second kappa shape index (κ2) is 4.74. The Bertz CT molecular complexity index is 347.